The largest absolute Gasteiger partial charge is 0.454 e. The maximum Gasteiger partial charge on any atom is 0.153 e. The zero-order valence-electron chi connectivity index (χ0n) is 14.1. The summed E-state index contributed by atoms with van der Waals surface area (Å²) in [5.41, 5.74) is 8.65. The van der Waals surface area contributed by atoms with Crippen LogP contribution in [0.4, 0.5) is 0 Å². The van der Waals surface area contributed by atoms with Crippen LogP contribution in [0.1, 0.15) is 16.7 Å². The molecule has 0 bridgehead atoms. The van der Waals surface area contributed by atoms with Gasteiger partial charge in [0.15, 0.2) is 5.58 Å². The van der Waals surface area contributed by atoms with E-state index in [4.69, 9.17) is 9.40 Å². The monoisotopic (exact) mass is 313 g/mol. The van der Waals surface area contributed by atoms with Gasteiger partial charge in [-0.2, -0.15) is 0 Å². The number of aryl methyl sites for hydroxylation is 3. The molecular formula is C22H19NO. The number of hydrogen-bond donors (Lipinski definition) is 0. The fourth-order valence-electron chi connectivity index (χ4n) is 3.07. The van der Waals surface area contributed by atoms with E-state index in [9.17, 15) is 0 Å². The summed E-state index contributed by atoms with van der Waals surface area (Å²) < 4.78 is 5.97. The van der Waals surface area contributed by atoms with E-state index in [1.165, 1.54) is 16.7 Å². The minimum Gasteiger partial charge on any atom is -0.454 e. The molecule has 0 aliphatic rings. The fraction of sp³-hybridized carbons (Fsp3) is 0.136. The minimum atomic E-state index is 0.818. The number of hydrogen-bond acceptors (Lipinski definition) is 2. The fourth-order valence-corrected chi connectivity index (χ4v) is 3.07. The third-order valence-electron chi connectivity index (χ3n) is 4.23. The van der Waals surface area contributed by atoms with Crippen molar-refractivity contribution in [3.8, 4) is 22.6 Å². The molecule has 0 saturated heterocycles. The van der Waals surface area contributed by atoms with Crippen molar-refractivity contribution in [3.05, 3.63) is 77.4 Å². The van der Waals surface area contributed by atoms with Gasteiger partial charge in [0.05, 0.1) is 5.69 Å². The molecule has 24 heavy (non-hydrogen) atoms. The van der Waals surface area contributed by atoms with Gasteiger partial charge >= 0.3 is 0 Å². The Labute approximate surface area is 141 Å². The van der Waals surface area contributed by atoms with Crippen LogP contribution in [-0.2, 0) is 0 Å². The van der Waals surface area contributed by atoms with Crippen LogP contribution in [0.25, 0.3) is 33.7 Å². The molecular weight excluding hydrogens is 294 g/mol. The summed E-state index contributed by atoms with van der Waals surface area (Å²) in [5, 5.41) is 0. The van der Waals surface area contributed by atoms with Crippen LogP contribution in [0.15, 0.2) is 65.1 Å². The lowest BCUT2D eigenvalue weighted by Crippen LogP contribution is -1.86. The lowest BCUT2D eigenvalue weighted by Gasteiger charge is -2.04. The van der Waals surface area contributed by atoms with Crippen molar-refractivity contribution in [1.82, 2.24) is 4.98 Å². The molecule has 2 aromatic carbocycles. The molecule has 0 fully saturated rings. The standard InChI is InChI=1S/C22H19NO/c1-14-4-6-17(7-5-14)22-13-20-21(24-22)9-8-19(23-20)18-11-15(2)10-16(3)12-18/h4-13H,1-3H3. The van der Waals surface area contributed by atoms with Gasteiger partial charge < -0.3 is 4.42 Å². The number of fused-ring (bicyclic) bond motifs is 1. The van der Waals surface area contributed by atoms with Crippen LogP contribution in [0.2, 0.25) is 0 Å². The molecule has 2 heteroatoms. The van der Waals surface area contributed by atoms with E-state index in [0.717, 1.165) is 33.7 Å². The summed E-state index contributed by atoms with van der Waals surface area (Å²) in [5.74, 6) is 0.857. The van der Waals surface area contributed by atoms with Crippen LogP contribution in [0, 0.1) is 20.8 Å². The second-order valence-corrected chi connectivity index (χ2v) is 6.43. The van der Waals surface area contributed by atoms with Gasteiger partial charge in [-0.1, -0.05) is 47.0 Å². The Balaban J connectivity index is 1.79. The average molecular weight is 313 g/mol. The topological polar surface area (TPSA) is 26.0 Å². The highest BCUT2D eigenvalue weighted by Gasteiger charge is 2.09. The van der Waals surface area contributed by atoms with Gasteiger partial charge in [0.1, 0.15) is 11.3 Å². The lowest BCUT2D eigenvalue weighted by atomic mass is 10.0. The van der Waals surface area contributed by atoms with E-state index >= 15 is 0 Å². The highest BCUT2D eigenvalue weighted by atomic mass is 16.3. The molecule has 2 aromatic heterocycles. The van der Waals surface area contributed by atoms with Crippen molar-refractivity contribution in [2.45, 2.75) is 20.8 Å². The molecule has 0 aliphatic heterocycles. The van der Waals surface area contributed by atoms with Gasteiger partial charge in [0.2, 0.25) is 0 Å². The normalized spacial score (nSPS) is 11.1. The Morgan fingerprint density at radius 3 is 2.08 bits per heavy atom. The van der Waals surface area contributed by atoms with Gasteiger partial charge in [0.25, 0.3) is 0 Å². The second-order valence-electron chi connectivity index (χ2n) is 6.43. The van der Waals surface area contributed by atoms with Crippen molar-refractivity contribution >= 4 is 11.1 Å². The van der Waals surface area contributed by atoms with Gasteiger partial charge in [-0.15, -0.1) is 0 Å². The van der Waals surface area contributed by atoms with Crippen LogP contribution >= 0.6 is 0 Å². The lowest BCUT2D eigenvalue weighted by molar-refractivity contribution is 0.631. The first-order valence-corrected chi connectivity index (χ1v) is 8.15. The Kier molecular flexibility index (Phi) is 3.46. The van der Waals surface area contributed by atoms with Gasteiger partial charge in [-0.3, -0.25) is 0 Å². The zero-order valence-corrected chi connectivity index (χ0v) is 14.1. The van der Waals surface area contributed by atoms with Crippen molar-refractivity contribution in [2.24, 2.45) is 0 Å². The molecule has 0 spiro atoms. The third-order valence-corrected chi connectivity index (χ3v) is 4.23. The Morgan fingerprint density at radius 1 is 0.667 bits per heavy atom. The first-order valence-electron chi connectivity index (χ1n) is 8.15. The van der Waals surface area contributed by atoms with E-state index in [1.54, 1.807) is 0 Å². The summed E-state index contributed by atoms with van der Waals surface area (Å²) in [6, 6.07) is 20.9. The van der Waals surface area contributed by atoms with Crippen LogP contribution < -0.4 is 0 Å². The number of aromatic nitrogens is 1. The van der Waals surface area contributed by atoms with Crippen LogP contribution in [0.5, 0.6) is 0 Å². The van der Waals surface area contributed by atoms with Crippen LogP contribution in [0.3, 0.4) is 0 Å². The summed E-state index contributed by atoms with van der Waals surface area (Å²) >= 11 is 0. The highest BCUT2D eigenvalue weighted by molar-refractivity contribution is 5.82. The van der Waals surface area contributed by atoms with E-state index in [0.29, 0.717) is 0 Å². The number of benzene rings is 2. The zero-order chi connectivity index (χ0) is 16.7. The summed E-state index contributed by atoms with van der Waals surface area (Å²) in [6.45, 7) is 6.31. The summed E-state index contributed by atoms with van der Waals surface area (Å²) in [6.07, 6.45) is 0. The van der Waals surface area contributed by atoms with Crippen molar-refractivity contribution in [1.29, 1.82) is 0 Å². The van der Waals surface area contributed by atoms with E-state index in [1.807, 2.05) is 18.2 Å². The van der Waals surface area contributed by atoms with E-state index in [2.05, 4.69) is 63.2 Å². The Bertz CT molecular complexity index is 1010. The molecule has 0 radical (unpaired) electrons. The molecule has 4 aromatic rings. The first kappa shape index (κ1) is 14.7. The molecule has 2 nitrogen and oxygen atoms in total. The molecule has 0 N–H and O–H groups in total. The minimum absolute atomic E-state index is 0.818. The van der Waals surface area contributed by atoms with Crippen molar-refractivity contribution < 1.29 is 4.42 Å². The van der Waals surface area contributed by atoms with E-state index < -0.39 is 0 Å². The molecule has 2 heterocycles. The van der Waals surface area contributed by atoms with Gasteiger partial charge in [-0.05, 0) is 45.0 Å². The maximum absolute atomic E-state index is 5.97. The number of rotatable bonds is 2. The molecule has 0 unspecified atom stereocenters. The molecule has 0 amide bonds. The quantitative estimate of drug-likeness (QED) is 0.448. The summed E-state index contributed by atoms with van der Waals surface area (Å²) in [4.78, 5) is 4.80. The first-order chi connectivity index (χ1) is 11.6. The predicted octanol–water partition coefficient (Wildman–Crippen LogP) is 6.09. The summed E-state index contributed by atoms with van der Waals surface area (Å²) in [7, 11) is 0. The number of pyridine rings is 1. The molecule has 0 saturated carbocycles. The predicted molar refractivity (Wildman–Crippen MR) is 99.1 cm³/mol. The smallest absolute Gasteiger partial charge is 0.153 e. The molecule has 4 rings (SSSR count). The van der Waals surface area contributed by atoms with Crippen molar-refractivity contribution in [3.63, 3.8) is 0 Å². The van der Waals surface area contributed by atoms with E-state index in [-0.39, 0.29) is 0 Å². The van der Waals surface area contributed by atoms with Crippen molar-refractivity contribution in [2.75, 3.05) is 0 Å². The third kappa shape index (κ3) is 2.71. The average Bonchev–Trinajstić information content (AvgIpc) is 2.97. The van der Waals surface area contributed by atoms with Gasteiger partial charge in [-0.25, -0.2) is 4.98 Å². The number of nitrogens with zero attached hydrogens (tertiary/aromatic N) is 1. The number of furan rings is 1. The Hall–Kier alpha value is -2.87. The Morgan fingerprint density at radius 2 is 1.38 bits per heavy atom. The highest BCUT2D eigenvalue weighted by Crippen LogP contribution is 2.29. The molecule has 0 atom stereocenters. The molecule has 118 valence electrons. The van der Waals surface area contributed by atoms with Gasteiger partial charge in [0, 0.05) is 17.2 Å². The maximum atomic E-state index is 5.97. The SMILES string of the molecule is Cc1ccc(-c2cc3nc(-c4cc(C)cc(C)c4)ccc3o2)cc1. The molecule has 0 aliphatic carbocycles. The van der Waals surface area contributed by atoms with Crippen LogP contribution in [-0.4, -0.2) is 4.98 Å². The second kappa shape index (κ2) is 5.64.